The summed E-state index contributed by atoms with van der Waals surface area (Å²) in [6.45, 7) is 1.86. The van der Waals surface area contributed by atoms with Crippen molar-refractivity contribution in [3.05, 3.63) is 36.0 Å². The van der Waals surface area contributed by atoms with E-state index in [-0.39, 0.29) is 6.61 Å². The number of ether oxygens (including phenoxy) is 2. The average Bonchev–Trinajstić information content (AvgIpc) is 2.45. The maximum absolute atomic E-state index is 11.3. The Balaban J connectivity index is 2.29. The van der Waals surface area contributed by atoms with Crippen LogP contribution in [-0.4, -0.2) is 30.5 Å². The number of pyridine rings is 1. The second kappa shape index (κ2) is 5.95. The zero-order valence-corrected chi connectivity index (χ0v) is 10.5. The normalized spacial score (nSPS) is 10.2. The Labute approximate surface area is 110 Å². The molecule has 5 nitrogen and oxygen atoms in total. The summed E-state index contributed by atoms with van der Waals surface area (Å²) in [4.78, 5) is 26.4. The van der Waals surface area contributed by atoms with Crippen LogP contribution < -0.4 is 4.74 Å². The number of hydrogen-bond acceptors (Lipinski definition) is 5. The molecule has 1 heterocycles. The molecule has 2 rings (SSSR count). The molecule has 0 aliphatic rings. The number of esters is 1. The van der Waals surface area contributed by atoms with Gasteiger partial charge in [0.15, 0.2) is 12.9 Å². The summed E-state index contributed by atoms with van der Waals surface area (Å²) in [6.07, 6.45) is 2.37. The van der Waals surface area contributed by atoms with Gasteiger partial charge in [0.1, 0.15) is 11.3 Å². The monoisotopic (exact) mass is 259 g/mol. The molecule has 0 fully saturated rings. The molecule has 5 heteroatoms. The van der Waals surface area contributed by atoms with E-state index in [0.29, 0.717) is 28.8 Å². The molecule has 0 saturated carbocycles. The number of carbonyl (C=O) groups excluding carboxylic acids is 2. The molecule has 0 radical (unpaired) electrons. The Morgan fingerprint density at radius 2 is 2.21 bits per heavy atom. The molecule has 19 heavy (non-hydrogen) atoms. The second-order valence-corrected chi connectivity index (χ2v) is 3.76. The van der Waals surface area contributed by atoms with Crippen LogP contribution in [0.4, 0.5) is 0 Å². The van der Waals surface area contributed by atoms with Crippen molar-refractivity contribution in [1.29, 1.82) is 0 Å². The van der Waals surface area contributed by atoms with Gasteiger partial charge in [0.25, 0.3) is 0 Å². The Hall–Kier alpha value is -2.43. The van der Waals surface area contributed by atoms with E-state index in [9.17, 15) is 9.59 Å². The van der Waals surface area contributed by atoms with Crippen molar-refractivity contribution in [1.82, 2.24) is 4.98 Å². The average molecular weight is 259 g/mol. The molecule has 0 N–H and O–H groups in total. The minimum Gasteiger partial charge on any atom is -0.480 e. The third-order valence-electron chi connectivity index (χ3n) is 2.54. The van der Waals surface area contributed by atoms with E-state index >= 15 is 0 Å². The molecule has 0 spiro atoms. The van der Waals surface area contributed by atoms with Crippen molar-refractivity contribution in [3.63, 3.8) is 0 Å². The van der Waals surface area contributed by atoms with Gasteiger partial charge < -0.3 is 9.47 Å². The van der Waals surface area contributed by atoms with E-state index in [1.54, 1.807) is 37.4 Å². The topological polar surface area (TPSA) is 65.5 Å². The van der Waals surface area contributed by atoms with Crippen molar-refractivity contribution < 1.29 is 19.1 Å². The number of nitrogens with zero attached hydrogens (tertiary/aromatic N) is 1. The summed E-state index contributed by atoms with van der Waals surface area (Å²) in [6, 6.07) is 6.78. The largest absolute Gasteiger partial charge is 0.480 e. The standard InChI is InChI=1S/C14H13NO4/c1-2-18-13(17)9-19-12-6-5-10(8-16)11-4-3-7-15-14(11)12/h3-8H,2,9H2,1H3. The zero-order chi connectivity index (χ0) is 13.7. The maximum atomic E-state index is 11.3. The van der Waals surface area contributed by atoms with Crippen LogP contribution in [0.25, 0.3) is 10.9 Å². The smallest absolute Gasteiger partial charge is 0.344 e. The molecule has 0 atom stereocenters. The molecular weight excluding hydrogens is 246 g/mol. The third-order valence-corrected chi connectivity index (χ3v) is 2.54. The molecule has 0 amide bonds. The molecule has 0 bridgehead atoms. The lowest BCUT2D eigenvalue weighted by molar-refractivity contribution is -0.145. The predicted molar refractivity (Wildman–Crippen MR) is 69.3 cm³/mol. The fourth-order valence-electron chi connectivity index (χ4n) is 1.73. The summed E-state index contributed by atoms with van der Waals surface area (Å²) in [5.74, 6) is 0.0142. The van der Waals surface area contributed by atoms with E-state index in [1.165, 1.54) is 0 Å². The number of benzene rings is 1. The number of aromatic nitrogens is 1. The van der Waals surface area contributed by atoms with Gasteiger partial charge in [0.05, 0.1) is 6.61 Å². The molecule has 0 unspecified atom stereocenters. The van der Waals surface area contributed by atoms with Crippen LogP contribution in [-0.2, 0) is 9.53 Å². The number of rotatable bonds is 5. The summed E-state index contributed by atoms with van der Waals surface area (Å²) in [5, 5.41) is 0.693. The van der Waals surface area contributed by atoms with Crippen LogP contribution in [0.15, 0.2) is 30.5 Å². The van der Waals surface area contributed by atoms with Crippen LogP contribution in [0.2, 0.25) is 0 Å². The summed E-state index contributed by atoms with van der Waals surface area (Å²) < 4.78 is 10.2. The first-order valence-electron chi connectivity index (χ1n) is 5.87. The van der Waals surface area contributed by atoms with Crippen LogP contribution >= 0.6 is 0 Å². The highest BCUT2D eigenvalue weighted by molar-refractivity contribution is 5.99. The van der Waals surface area contributed by atoms with E-state index in [0.717, 1.165) is 6.29 Å². The highest BCUT2D eigenvalue weighted by Gasteiger charge is 2.09. The fraction of sp³-hybridized carbons (Fsp3) is 0.214. The minimum atomic E-state index is -0.439. The molecule has 0 saturated heterocycles. The number of fused-ring (bicyclic) bond motifs is 1. The van der Waals surface area contributed by atoms with Gasteiger partial charge in [-0.1, -0.05) is 6.07 Å². The molecular formula is C14H13NO4. The predicted octanol–water partition coefficient (Wildman–Crippen LogP) is 1.99. The molecule has 1 aromatic carbocycles. The van der Waals surface area contributed by atoms with E-state index in [2.05, 4.69) is 4.98 Å². The zero-order valence-electron chi connectivity index (χ0n) is 10.5. The SMILES string of the molecule is CCOC(=O)COc1ccc(C=O)c2cccnc12. The van der Waals surface area contributed by atoms with Gasteiger partial charge in [-0.3, -0.25) is 9.78 Å². The van der Waals surface area contributed by atoms with E-state index in [4.69, 9.17) is 9.47 Å². The highest BCUT2D eigenvalue weighted by Crippen LogP contribution is 2.25. The van der Waals surface area contributed by atoms with Crippen molar-refractivity contribution in [2.75, 3.05) is 13.2 Å². The maximum Gasteiger partial charge on any atom is 0.344 e. The Morgan fingerprint density at radius 3 is 2.95 bits per heavy atom. The number of carbonyl (C=O) groups is 2. The van der Waals surface area contributed by atoms with Gasteiger partial charge in [-0.25, -0.2) is 4.79 Å². The molecule has 0 aliphatic heterocycles. The first-order chi connectivity index (χ1) is 9.26. The van der Waals surface area contributed by atoms with Crippen LogP contribution in [0.3, 0.4) is 0 Å². The van der Waals surface area contributed by atoms with Crippen LogP contribution in [0, 0.1) is 0 Å². The van der Waals surface area contributed by atoms with Gasteiger partial charge in [-0.2, -0.15) is 0 Å². The summed E-state index contributed by atoms with van der Waals surface area (Å²) in [5.41, 5.74) is 1.09. The molecule has 0 aliphatic carbocycles. The Kier molecular flexibility index (Phi) is 4.07. The van der Waals surface area contributed by atoms with E-state index < -0.39 is 5.97 Å². The van der Waals surface area contributed by atoms with Crippen LogP contribution in [0.5, 0.6) is 5.75 Å². The Morgan fingerprint density at radius 1 is 1.37 bits per heavy atom. The van der Waals surface area contributed by atoms with Gasteiger partial charge in [0, 0.05) is 17.1 Å². The van der Waals surface area contributed by atoms with Gasteiger partial charge in [-0.05, 0) is 25.1 Å². The summed E-state index contributed by atoms with van der Waals surface area (Å²) >= 11 is 0. The van der Waals surface area contributed by atoms with Gasteiger partial charge in [-0.15, -0.1) is 0 Å². The van der Waals surface area contributed by atoms with Gasteiger partial charge in [0.2, 0.25) is 0 Å². The first-order valence-corrected chi connectivity index (χ1v) is 5.87. The number of hydrogen-bond donors (Lipinski definition) is 0. The van der Waals surface area contributed by atoms with Crippen molar-refractivity contribution in [2.24, 2.45) is 0 Å². The lowest BCUT2D eigenvalue weighted by Crippen LogP contribution is -2.14. The first kappa shape index (κ1) is 13.0. The third kappa shape index (κ3) is 2.88. The summed E-state index contributed by atoms with van der Waals surface area (Å²) in [7, 11) is 0. The minimum absolute atomic E-state index is 0.181. The second-order valence-electron chi connectivity index (χ2n) is 3.76. The van der Waals surface area contributed by atoms with Gasteiger partial charge >= 0.3 is 5.97 Å². The van der Waals surface area contributed by atoms with Crippen molar-refractivity contribution in [2.45, 2.75) is 6.92 Å². The lowest BCUT2D eigenvalue weighted by Gasteiger charge is -2.09. The highest BCUT2D eigenvalue weighted by atomic mass is 16.6. The van der Waals surface area contributed by atoms with Crippen molar-refractivity contribution in [3.8, 4) is 5.75 Å². The molecule has 2 aromatic rings. The van der Waals surface area contributed by atoms with Crippen molar-refractivity contribution >= 4 is 23.2 Å². The lowest BCUT2D eigenvalue weighted by atomic mass is 10.1. The molecule has 1 aromatic heterocycles. The van der Waals surface area contributed by atoms with E-state index in [1.807, 2.05) is 0 Å². The fourth-order valence-corrected chi connectivity index (χ4v) is 1.73. The number of aldehydes is 1. The van der Waals surface area contributed by atoms with Crippen LogP contribution in [0.1, 0.15) is 17.3 Å². The quantitative estimate of drug-likeness (QED) is 0.607. The molecule has 98 valence electrons. The Bertz CT molecular complexity index is 609.